The average Bonchev–Trinajstić information content (AvgIpc) is 2.21. The van der Waals surface area contributed by atoms with Crippen LogP contribution < -0.4 is 16.2 Å². The summed E-state index contributed by atoms with van der Waals surface area (Å²) in [5, 5.41) is 5.87. The van der Waals surface area contributed by atoms with Gasteiger partial charge in [0, 0.05) is 38.0 Å². The maximum absolute atomic E-state index is 11.9. The van der Waals surface area contributed by atoms with Crippen molar-refractivity contribution in [3.05, 3.63) is 39.8 Å². The molecule has 0 bridgehead atoms. The lowest BCUT2D eigenvalue weighted by Crippen LogP contribution is -2.36. The van der Waals surface area contributed by atoms with E-state index in [0.717, 1.165) is 24.2 Å². The summed E-state index contributed by atoms with van der Waals surface area (Å²) in [6.45, 7) is 3.38. The normalized spacial score (nSPS) is 14.1. The number of hydrogen-bond acceptors (Lipinski definition) is 3. The molecular formula is C12H15N3O2. The van der Waals surface area contributed by atoms with E-state index in [9.17, 15) is 9.59 Å². The first kappa shape index (κ1) is 11.6. The van der Waals surface area contributed by atoms with Crippen molar-refractivity contribution in [1.82, 2.24) is 9.88 Å². The molecule has 2 heterocycles. The molecule has 1 saturated heterocycles. The number of nitrogens with zero attached hydrogens (tertiary/aromatic N) is 1. The van der Waals surface area contributed by atoms with E-state index in [1.54, 1.807) is 19.3 Å². The summed E-state index contributed by atoms with van der Waals surface area (Å²) in [6.07, 6.45) is 1.61. The fraction of sp³-hybridized carbons (Fsp3) is 0.333. The second-order valence-electron chi connectivity index (χ2n) is 4.15. The topological polar surface area (TPSA) is 63.1 Å². The molecule has 0 atom stereocenters. The molecule has 90 valence electrons. The third kappa shape index (κ3) is 2.45. The van der Waals surface area contributed by atoms with Crippen LogP contribution in [0.3, 0.4) is 0 Å². The monoisotopic (exact) mass is 233 g/mol. The summed E-state index contributed by atoms with van der Waals surface area (Å²) in [4.78, 5) is 23.0. The van der Waals surface area contributed by atoms with Gasteiger partial charge in [-0.25, -0.2) is 0 Å². The van der Waals surface area contributed by atoms with Crippen molar-refractivity contribution < 1.29 is 4.79 Å². The van der Waals surface area contributed by atoms with Gasteiger partial charge in [-0.05, 0) is 18.6 Å². The Morgan fingerprint density at radius 2 is 2.12 bits per heavy atom. The van der Waals surface area contributed by atoms with Crippen LogP contribution in [0.25, 0.3) is 0 Å². The predicted molar refractivity (Wildman–Crippen MR) is 65.9 cm³/mol. The Bertz CT molecular complexity index is 537. The molecule has 0 unspecified atom stereocenters. The minimum atomic E-state index is -0.111. The van der Waals surface area contributed by atoms with E-state index in [0.29, 0.717) is 5.69 Å². The molecule has 1 aromatic heterocycles. The Balaban J connectivity index is 2.13. The first-order valence-electron chi connectivity index (χ1n) is 5.45. The maximum Gasteiger partial charge on any atom is 0.251 e. The molecule has 0 saturated carbocycles. The number of anilines is 1. The fourth-order valence-corrected chi connectivity index (χ4v) is 1.57. The zero-order chi connectivity index (χ0) is 12.4. The van der Waals surface area contributed by atoms with Crippen LogP contribution in [-0.2, 0) is 11.8 Å². The SMILES string of the molecule is CC(C(=O)Nc1ccc(=O)n(C)c1)=C1CNC1. The summed E-state index contributed by atoms with van der Waals surface area (Å²) < 4.78 is 1.43. The van der Waals surface area contributed by atoms with Gasteiger partial charge in [-0.3, -0.25) is 9.59 Å². The summed E-state index contributed by atoms with van der Waals surface area (Å²) in [6, 6.07) is 3.04. The number of hydrogen-bond donors (Lipinski definition) is 2. The third-order valence-electron chi connectivity index (χ3n) is 2.89. The predicted octanol–water partition coefficient (Wildman–Crippen LogP) is 0.243. The van der Waals surface area contributed by atoms with Gasteiger partial charge in [0.2, 0.25) is 5.56 Å². The number of aryl methyl sites for hydroxylation is 1. The Hall–Kier alpha value is -1.88. The van der Waals surface area contributed by atoms with Crippen LogP contribution in [0.15, 0.2) is 34.3 Å². The van der Waals surface area contributed by atoms with Gasteiger partial charge in [0.15, 0.2) is 0 Å². The number of carbonyl (C=O) groups excluding carboxylic acids is 1. The van der Waals surface area contributed by atoms with Gasteiger partial charge in [0.25, 0.3) is 5.91 Å². The highest BCUT2D eigenvalue weighted by molar-refractivity contribution is 6.03. The first-order chi connectivity index (χ1) is 8.08. The van der Waals surface area contributed by atoms with Crippen molar-refractivity contribution in [2.45, 2.75) is 6.92 Å². The van der Waals surface area contributed by atoms with Crippen molar-refractivity contribution in [3.8, 4) is 0 Å². The zero-order valence-corrected chi connectivity index (χ0v) is 9.91. The van der Waals surface area contributed by atoms with Crippen molar-refractivity contribution in [2.24, 2.45) is 7.05 Å². The van der Waals surface area contributed by atoms with Gasteiger partial charge < -0.3 is 15.2 Å². The number of carbonyl (C=O) groups is 1. The molecule has 2 rings (SSSR count). The van der Waals surface area contributed by atoms with Crippen LogP contribution >= 0.6 is 0 Å². The maximum atomic E-state index is 11.9. The molecule has 1 aliphatic rings. The summed E-state index contributed by atoms with van der Waals surface area (Å²) in [7, 11) is 1.65. The van der Waals surface area contributed by atoms with E-state index >= 15 is 0 Å². The van der Waals surface area contributed by atoms with Crippen LogP contribution in [0.4, 0.5) is 5.69 Å². The molecule has 1 aromatic rings. The van der Waals surface area contributed by atoms with Crippen LogP contribution in [0.2, 0.25) is 0 Å². The highest BCUT2D eigenvalue weighted by Crippen LogP contribution is 2.11. The van der Waals surface area contributed by atoms with Crippen molar-refractivity contribution in [3.63, 3.8) is 0 Å². The van der Waals surface area contributed by atoms with Crippen LogP contribution in [0, 0.1) is 0 Å². The fourth-order valence-electron chi connectivity index (χ4n) is 1.57. The van der Waals surface area contributed by atoms with Crippen molar-refractivity contribution >= 4 is 11.6 Å². The summed E-state index contributed by atoms with van der Waals surface area (Å²) in [5.74, 6) is -0.111. The van der Waals surface area contributed by atoms with Crippen LogP contribution in [-0.4, -0.2) is 23.6 Å². The first-order valence-corrected chi connectivity index (χ1v) is 5.45. The van der Waals surface area contributed by atoms with Gasteiger partial charge >= 0.3 is 0 Å². The lowest BCUT2D eigenvalue weighted by atomic mass is 10.0. The van der Waals surface area contributed by atoms with Gasteiger partial charge in [0.1, 0.15) is 0 Å². The van der Waals surface area contributed by atoms with Gasteiger partial charge in [-0.2, -0.15) is 0 Å². The lowest BCUT2D eigenvalue weighted by Gasteiger charge is -2.21. The van der Waals surface area contributed by atoms with Gasteiger partial charge in [0.05, 0.1) is 5.69 Å². The molecule has 0 aliphatic carbocycles. The zero-order valence-electron chi connectivity index (χ0n) is 9.91. The van der Waals surface area contributed by atoms with Crippen LogP contribution in [0.5, 0.6) is 0 Å². The van der Waals surface area contributed by atoms with Crippen molar-refractivity contribution in [1.29, 1.82) is 0 Å². The molecule has 5 heteroatoms. The summed E-state index contributed by atoms with van der Waals surface area (Å²) >= 11 is 0. The van der Waals surface area contributed by atoms with Gasteiger partial charge in [-0.1, -0.05) is 0 Å². The van der Waals surface area contributed by atoms with E-state index in [-0.39, 0.29) is 11.5 Å². The molecule has 0 radical (unpaired) electrons. The van der Waals surface area contributed by atoms with E-state index in [2.05, 4.69) is 10.6 Å². The standard InChI is InChI=1S/C12H15N3O2/c1-8(9-5-13-6-9)12(17)14-10-3-4-11(16)15(2)7-10/h3-4,7,13H,5-6H2,1-2H3,(H,14,17). The number of aromatic nitrogens is 1. The van der Waals surface area contributed by atoms with Gasteiger partial charge in [-0.15, -0.1) is 0 Å². The summed E-state index contributed by atoms with van der Waals surface area (Å²) in [5.41, 5.74) is 2.41. The Morgan fingerprint density at radius 1 is 1.41 bits per heavy atom. The third-order valence-corrected chi connectivity index (χ3v) is 2.89. The van der Waals surface area contributed by atoms with E-state index in [4.69, 9.17) is 0 Å². The number of nitrogens with one attached hydrogen (secondary N) is 2. The van der Waals surface area contributed by atoms with E-state index in [1.807, 2.05) is 6.92 Å². The quantitative estimate of drug-likeness (QED) is 0.719. The molecule has 5 nitrogen and oxygen atoms in total. The molecular weight excluding hydrogens is 218 g/mol. The van der Waals surface area contributed by atoms with Crippen LogP contribution in [0.1, 0.15) is 6.92 Å². The minimum Gasteiger partial charge on any atom is -0.321 e. The largest absolute Gasteiger partial charge is 0.321 e. The lowest BCUT2D eigenvalue weighted by molar-refractivity contribution is -0.112. The van der Waals surface area contributed by atoms with E-state index < -0.39 is 0 Å². The molecule has 0 spiro atoms. The minimum absolute atomic E-state index is 0.0960. The molecule has 1 amide bonds. The Morgan fingerprint density at radius 3 is 2.65 bits per heavy atom. The second-order valence-corrected chi connectivity index (χ2v) is 4.15. The average molecular weight is 233 g/mol. The Kier molecular flexibility index (Phi) is 3.10. The Labute approximate surface area is 99.1 Å². The molecule has 0 aromatic carbocycles. The second kappa shape index (κ2) is 4.55. The number of pyridine rings is 1. The molecule has 2 N–H and O–H groups in total. The highest BCUT2D eigenvalue weighted by atomic mass is 16.1. The molecule has 1 aliphatic heterocycles. The molecule has 17 heavy (non-hydrogen) atoms. The number of amides is 1. The highest BCUT2D eigenvalue weighted by Gasteiger charge is 2.15. The smallest absolute Gasteiger partial charge is 0.251 e. The molecule has 1 fully saturated rings. The van der Waals surface area contributed by atoms with Crippen molar-refractivity contribution in [2.75, 3.05) is 18.4 Å². The number of rotatable bonds is 2. The van der Waals surface area contributed by atoms with E-state index in [1.165, 1.54) is 10.6 Å².